The number of carbonyl (C=O) groups excluding carboxylic acids is 1. The Bertz CT molecular complexity index is 858. The molecule has 2 unspecified atom stereocenters. The average molecular weight is 395 g/mol. The molecule has 1 saturated heterocycles. The van der Waals surface area contributed by atoms with Gasteiger partial charge in [0.15, 0.2) is 16.8 Å². The molecule has 0 aliphatic carbocycles. The molecule has 1 aromatic carbocycles. The van der Waals surface area contributed by atoms with E-state index in [-0.39, 0.29) is 11.9 Å². The zero-order valence-electron chi connectivity index (χ0n) is 14.6. The SMILES string of the molecule is CC1CN(C(=O)Nc2ncc(Cc3ccc(F)c(F)c3)s2)CCC1C(=O)O. The number of piperidine rings is 1. The van der Waals surface area contributed by atoms with Gasteiger partial charge in [-0.3, -0.25) is 10.1 Å². The number of aliphatic carboxylic acids is 1. The molecule has 27 heavy (non-hydrogen) atoms. The number of thiazole rings is 1. The van der Waals surface area contributed by atoms with Crippen LogP contribution in [0.5, 0.6) is 0 Å². The maximum absolute atomic E-state index is 13.3. The molecule has 1 aliphatic heterocycles. The topological polar surface area (TPSA) is 82.5 Å². The van der Waals surface area contributed by atoms with Crippen LogP contribution >= 0.6 is 11.3 Å². The summed E-state index contributed by atoms with van der Waals surface area (Å²) in [6.07, 6.45) is 2.38. The Morgan fingerprint density at radius 3 is 2.81 bits per heavy atom. The highest BCUT2D eigenvalue weighted by Crippen LogP contribution is 2.26. The number of nitrogens with one attached hydrogen (secondary N) is 1. The monoisotopic (exact) mass is 395 g/mol. The third-order valence-electron chi connectivity index (χ3n) is 4.64. The van der Waals surface area contributed by atoms with Crippen molar-refractivity contribution in [2.24, 2.45) is 11.8 Å². The van der Waals surface area contributed by atoms with Crippen LogP contribution in [0.15, 0.2) is 24.4 Å². The summed E-state index contributed by atoms with van der Waals surface area (Å²) in [5.41, 5.74) is 0.611. The third kappa shape index (κ3) is 4.60. The normalized spacial score (nSPS) is 19.7. The Balaban J connectivity index is 1.58. The number of rotatable bonds is 4. The fourth-order valence-corrected chi connectivity index (χ4v) is 4.00. The van der Waals surface area contributed by atoms with E-state index >= 15 is 0 Å². The lowest BCUT2D eigenvalue weighted by Crippen LogP contribution is -2.46. The molecular weight excluding hydrogens is 376 g/mol. The summed E-state index contributed by atoms with van der Waals surface area (Å²) in [6, 6.07) is 3.40. The molecule has 0 spiro atoms. The van der Waals surface area contributed by atoms with Gasteiger partial charge in [0.1, 0.15) is 0 Å². The maximum Gasteiger partial charge on any atom is 0.323 e. The zero-order valence-corrected chi connectivity index (χ0v) is 15.4. The first-order valence-electron chi connectivity index (χ1n) is 8.51. The van der Waals surface area contributed by atoms with E-state index in [1.165, 1.54) is 17.4 Å². The van der Waals surface area contributed by atoms with Crippen molar-refractivity contribution in [2.75, 3.05) is 18.4 Å². The van der Waals surface area contributed by atoms with Crippen molar-refractivity contribution in [2.45, 2.75) is 19.8 Å². The van der Waals surface area contributed by atoms with Gasteiger partial charge in [-0.1, -0.05) is 13.0 Å². The number of hydrogen-bond acceptors (Lipinski definition) is 4. The average Bonchev–Trinajstić information content (AvgIpc) is 3.04. The molecule has 2 N–H and O–H groups in total. The fraction of sp³-hybridized carbons (Fsp3) is 0.389. The summed E-state index contributed by atoms with van der Waals surface area (Å²) in [5.74, 6) is -3.18. The Hall–Kier alpha value is -2.55. The molecule has 2 heterocycles. The van der Waals surface area contributed by atoms with Crippen LogP contribution in [0.25, 0.3) is 0 Å². The van der Waals surface area contributed by atoms with Crippen LogP contribution in [0.3, 0.4) is 0 Å². The number of urea groups is 1. The summed E-state index contributed by atoms with van der Waals surface area (Å²) in [6.45, 7) is 2.57. The number of carboxylic acids is 1. The van der Waals surface area contributed by atoms with Crippen LogP contribution in [0.1, 0.15) is 23.8 Å². The van der Waals surface area contributed by atoms with E-state index in [2.05, 4.69) is 10.3 Å². The molecule has 3 rings (SSSR count). The van der Waals surface area contributed by atoms with Crippen LogP contribution in [0.4, 0.5) is 18.7 Å². The molecule has 1 fully saturated rings. The van der Waals surface area contributed by atoms with Crippen molar-refractivity contribution in [1.82, 2.24) is 9.88 Å². The quantitative estimate of drug-likeness (QED) is 0.829. The minimum Gasteiger partial charge on any atom is -0.481 e. The summed E-state index contributed by atoms with van der Waals surface area (Å²) < 4.78 is 26.3. The second-order valence-electron chi connectivity index (χ2n) is 6.64. The third-order valence-corrected chi connectivity index (χ3v) is 5.55. The molecule has 1 aliphatic rings. The lowest BCUT2D eigenvalue weighted by atomic mass is 9.87. The highest BCUT2D eigenvalue weighted by Gasteiger charge is 2.33. The van der Waals surface area contributed by atoms with Gasteiger partial charge in [-0.2, -0.15) is 0 Å². The molecule has 0 bridgehead atoms. The molecule has 144 valence electrons. The fourth-order valence-electron chi connectivity index (χ4n) is 3.17. The number of halogens is 2. The second kappa shape index (κ2) is 7.99. The van der Waals surface area contributed by atoms with Crippen LogP contribution in [-0.4, -0.2) is 40.1 Å². The Morgan fingerprint density at radius 2 is 2.15 bits per heavy atom. The minimum absolute atomic E-state index is 0.123. The summed E-state index contributed by atoms with van der Waals surface area (Å²) in [7, 11) is 0. The molecule has 9 heteroatoms. The summed E-state index contributed by atoms with van der Waals surface area (Å²) >= 11 is 1.26. The number of carbonyl (C=O) groups is 2. The van der Waals surface area contributed by atoms with Crippen molar-refractivity contribution < 1.29 is 23.5 Å². The summed E-state index contributed by atoms with van der Waals surface area (Å²) in [4.78, 5) is 30.1. The van der Waals surface area contributed by atoms with Crippen LogP contribution in [-0.2, 0) is 11.2 Å². The van der Waals surface area contributed by atoms with E-state index in [0.29, 0.717) is 36.6 Å². The van der Waals surface area contributed by atoms with Crippen molar-refractivity contribution in [3.05, 3.63) is 46.5 Å². The van der Waals surface area contributed by atoms with Gasteiger partial charge >= 0.3 is 12.0 Å². The van der Waals surface area contributed by atoms with Crippen molar-refractivity contribution >= 4 is 28.5 Å². The number of anilines is 1. The van der Waals surface area contributed by atoms with E-state index < -0.39 is 23.5 Å². The van der Waals surface area contributed by atoms with Gasteiger partial charge in [0.05, 0.1) is 5.92 Å². The number of carboxylic acid groups (broad SMARTS) is 1. The van der Waals surface area contributed by atoms with Crippen LogP contribution < -0.4 is 5.32 Å². The number of nitrogens with zero attached hydrogens (tertiary/aromatic N) is 2. The number of amides is 2. The van der Waals surface area contributed by atoms with Gasteiger partial charge in [-0.05, 0) is 30.0 Å². The van der Waals surface area contributed by atoms with Crippen molar-refractivity contribution in [3.63, 3.8) is 0 Å². The Kier molecular flexibility index (Phi) is 5.69. The molecule has 1 aromatic heterocycles. The first-order valence-corrected chi connectivity index (χ1v) is 9.32. The van der Waals surface area contributed by atoms with Gasteiger partial charge in [0.25, 0.3) is 0 Å². The zero-order chi connectivity index (χ0) is 19.6. The Morgan fingerprint density at radius 1 is 1.37 bits per heavy atom. The number of likely N-dealkylation sites (tertiary alicyclic amines) is 1. The van der Waals surface area contributed by atoms with Crippen molar-refractivity contribution in [3.8, 4) is 0 Å². The molecule has 2 amide bonds. The molecule has 6 nitrogen and oxygen atoms in total. The molecule has 2 atom stereocenters. The van der Waals surface area contributed by atoms with Crippen LogP contribution in [0.2, 0.25) is 0 Å². The van der Waals surface area contributed by atoms with Crippen molar-refractivity contribution in [1.29, 1.82) is 0 Å². The van der Waals surface area contributed by atoms with E-state index in [4.69, 9.17) is 5.11 Å². The Labute approximate surface area is 158 Å². The molecule has 2 aromatic rings. The second-order valence-corrected chi connectivity index (χ2v) is 7.76. The lowest BCUT2D eigenvalue weighted by Gasteiger charge is -2.34. The van der Waals surface area contributed by atoms with Gasteiger partial charge in [-0.15, -0.1) is 11.3 Å². The number of aromatic nitrogens is 1. The maximum atomic E-state index is 13.3. The lowest BCUT2D eigenvalue weighted by molar-refractivity contribution is -0.145. The van der Waals surface area contributed by atoms with E-state index in [1.807, 2.05) is 6.92 Å². The molecule has 0 saturated carbocycles. The first kappa shape index (κ1) is 19.2. The van der Waals surface area contributed by atoms with Gasteiger partial charge in [0.2, 0.25) is 0 Å². The predicted octanol–water partition coefficient (Wildman–Crippen LogP) is 3.59. The van der Waals surface area contributed by atoms with E-state index in [1.54, 1.807) is 11.1 Å². The number of hydrogen-bond donors (Lipinski definition) is 2. The van der Waals surface area contributed by atoms with E-state index in [0.717, 1.165) is 17.0 Å². The standard InChI is InChI=1S/C18H19F2N3O3S/c1-10-9-23(5-4-13(10)16(24)25)18(26)22-17-21-8-12(27-17)6-11-2-3-14(19)15(20)7-11/h2-3,7-8,10,13H,4-6,9H2,1H3,(H,24,25)(H,21,22,26). The summed E-state index contributed by atoms with van der Waals surface area (Å²) in [5, 5.41) is 12.3. The van der Waals surface area contributed by atoms with Gasteiger partial charge in [-0.25, -0.2) is 18.6 Å². The minimum atomic E-state index is -0.899. The van der Waals surface area contributed by atoms with Gasteiger partial charge in [0, 0.05) is 30.6 Å². The van der Waals surface area contributed by atoms with Gasteiger partial charge < -0.3 is 10.0 Å². The number of benzene rings is 1. The van der Waals surface area contributed by atoms with E-state index in [9.17, 15) is 18.4 Å². The first-order chi connectivity index (χ1) is 12.8. The van der Waals surface area contributed by atoms with Crippen LogP contribution in [0, 0.1) is 23.5 Å². The predicted molar refractivity (Wildman–Crippen MR) is 96.8 cm³/mol. The smallest absolute Gasteiger partial charge is 0.323 e. The molecular formula is C18H19F2N3O3S. The highest BCUT2D eigenvalue weighted by molar-refractivity contribution is 7.15. The largest absolute Gasteiger partial charge is 0.481 e. The molecule has 0 radical (unpaired) electrons. The highest BCUT2D eigenvalue weighted by atomic mass is 32.1.